The van der Waals surface area contributed by atoms with Gasteiger partial charge in [-0.15, -0.1) is 0 Å². The Morgan fingerprint density at radius 1 is 0.643 bits per heavy atom. The molecule has 0 radical (unpaired) electrons. The van der Waals surface area contributed by atoms with E-state index < -0.39 is 0 Å². The third-order valence-corrected chi connectivity index (χ3v) is 9.09. The highest BCUT2D eigenvalue weighted by Gasteiger charge is 2.43. The summed E-state index contributed by atoms with van der Waals surface area (Å²) in [6.45, 7) is 4.56. The summed E-state index contributed by atoms with van der Waals surface area (Å²) in [7, 11) is 0. The Hall–Kier alpha value is -4.64. The molecule has 3 aliphatic rings. The maximum atomic E-state index is 13.9. The van der Waals surface area contributed by atoms with Gasteiger partial charge in [0.05, 0.1) is 11.4 Å². The Bertz CT molecular complexity index is 1630. The molecule has 0 unspecified atom stereocenters. The number of carbonyl (C=O) groups excluding carboxylic acids is 2. The van der Waals surface area contributed by atoms with Gasteiger partial charge in [-0.3, -0.25) is 9.59 Å². The van der Waals surface area contributed by atoms with Crippen LogP contribution >= 0.6 is 0 Å². The molecule has 0 atom stereocenters. The van der Waals surface area contributed by atoms with Crippen molar-refractivity contribution in [1.82, 2.24) is 0 Å². The number of hydrogen-bond donors (Lipinski definition) is 0. The van der Waals surface area contributed by atoms with Gasteiger partial charge in [0, 0.05) is 22.8 Å². The molecule has 2 fully saturated rings. The first kappa shape index (κ1) is 26.3. The van der Waals surface area contributed by atoms with Crippen molar-refractivity contribution >= 4 is 40.6 Å². The van der Waals surface area contributed by atoms with Crippen molar-refractivity contribution in [1.29, 1.82) is 0 Å². The Labute approximate surface area is 247 Å². The summed E-state index contributed by atoms with van der Waals surface area (Å²) >= 11 is 0. The van der Waals surface area contributed by atoms with Crippen LogP contribution < -0.4 is 14.9 Å². The van der Waals surface area contributed by atoms with Gasteiger partial charge in [0.1, 0.15) is 5.57 Å². The highest BCUT2D eigenvalue weighted by Crippen LogP contribution is 2.51. The van der Waals surface area contributed by atoms with E-state index in [0.717, 1.165) is 5.56 Å². The summed E-state index contributed by atoms with van der Waals surface area (Å²) in [6.07, 6.45) is 7.96. The highest BCUT2D eigenvalue weighted by atomic mass is 16.2. The molecular formula is C37H35N3O2. The normalized spacial score (nSPS) is 18.2. The number of benzene rings is 4. The van der Waals surface area contributed by atoms with E-state index in [1.165, 1.54) is 64.6 Å². The van der Waals surface area contributed by atoms with Crippen LogP contribution in [0.25, 0.3) is 6.08 Å². The SMILES string of the molecule is CC1(C)c2ccccc2N(C2CCCCC2)c2ccc(C=C3C(=O)N(c4ccccc4)N(c4ccccc4)C3=O)cc21. The zero-order valence-electron chi connectivity index (χ0n) is 24.2. The molecule has 4 aromatic carbocycles. The van der Waals surface area contributed by atoms with Crippen LogP contribution in [0.3, 0.4) is 0 Å². The number of carbonyl (C=O) groups is 2. The van der Waals surface area contributed by atoms with Crippen LogP contribution in [-0.4, -0.2) is 17.9 Å². The molecule has 0 bridgehead atoms. The molecule has 2 aliphatic heterocycles. The largest absolute Gasteiger partial charge is 0.338 e. The number of hydrazine groups is 1. The average Bonchev–Trinajstić information content (AvgIpc) is 3.28. The molecule has 4 aromatic rings. The molecule has 0 aromatic heterocycles. The Kier molecular flexibility index (Phi) is 6.46. The van der Waals surface area contributed by atoms with Crippen LogP contribution in [0, 0.1) is 0 Å². The molecule has 7 rings (SSSR count). The fraction of sp³-hybridized carbons (Fsp3) is 0.243. The summed E-state index contributed by atoms with van der Waals surface area (Å²) in [5, 5.41) is 2.96. The number of amides is 2. The lowest BCUT2D eigenvalue weighted by Crippen LogP contribution is -2.41. The third kappa shape index (κ3) is 4.23. The monoisotopic (exact) mass is 553 g/mol. The van der Waals surface area contributed by atoms with E-state index in [9.17, 15) is 9.59 Å². The molecule has 0 N–H and O–H groups in total. The van der Waals surface area contributed by atoms with Gasteiger partial charge in [-0.25, -0.2) is 10.0 Å². The Balaban J connectivity index is 1.33. The van der Waals surface area contributed by atoms with E-state index in [2.05, 4.69) is 61.2 Å². The topological polar surface area (TPSA) is 43.9 Å². The summed E-state index contributed by atoms with van der Waals surface area (Å²) in [6, 6.07) is 34.4. The fourth-order valence-electron chi connectivity index (χ4n) is 6.97. The summed E-state index contributed by atoms with van der Waals surface area (Å²) in [5.41, 5.74) is 7.13. The molecule has 1 saturated heterocycles. The van der Waals surface area contributed by atoms with Crippen LogP contribution in [0.4, 0.5) is 22.7 Å². The number of para-hydroxylation sites is 3. The molecule has 5 nitrogen and oxygen atoms in total. The van der Waals surface area contributed by atoms with Crippen molar-refractivity contribution in [2.75, 3.05) is 14.9 Å². The predicted octanol–water partition coefficient (Wildman–Crippen LogP) is 8.18. The minimum atomic E-state index is -0.332. The van der Waals surface area contributed by atoms with Gasteiger partial charge in [-0.2, -0.15) is 0 Å². The smallest absolute Gasteiger partial charge is 0.283 e. The van der Waals surface area contributed by atoms with Crippen molar-refractivity contribution in [3.63, 3.8) is 0 Å². The number of hydrogen-bond acceptors (Lipinski definition) is 3. The van der Waals surface area contributed by atoms with Crippen LogP contribution in [0.15, 0.2) is 109 Å². The van der Waals surface area contributed by atoms with Crippen LogP contribution in [0.1, 0.15) is 62.6 Å². The number of fused-ring (bicyclic) bond motifs is 2. The van der Waals surface area contributed by atoms with Crippen molar-refractivity contribution < 1.29 is 9.59 Å². The van der Waals surface area contributed by atoms with Gasteiger partial charge in [0.25, 0.3) is 11.8 Å². The molecule has 42 heavy (non-hydrogen) atoms. The minimum Gasteiger partial charge on any atom is -0.338 e. The molecule has 0 spiro atoms. The first-order valence-electron chi connectivity index (χ1n) is 15.0. The van der Waals surface area contributed by atoms with E-state index in [1.54, 1.807) is 6.08 Å². The van der Waals surface area contributed by atoms with E-state index in [0.29, 0.717) is 17.4 Å². The number of rotatable bonds is 4. The maximum absolute atomic E-state index is 13.9. The van der Waals surface area contributed by atoms with Crippen LogP contribution in [0.2, 0.25) is 0 Å². The fourth-order valence-corrected chi connectivity index (χ4v) is 6.97. The van der Waals surface area contributed by atoms with Gasteiger partial charge in [0.15, 0.2) is 0 Å². The van der Waals surface area contributed by atoms with E-state index in [1.807, 2.05) is 60.7 Å². The Morgan fingerprint density at radius 2 is 1.19 bits per heavy atom. The lowest BCUT2D eigenvalue weighted by molar-refractivity contribution is -0.116. The van der Waals surface area contributed by atoms with E-state index >= 15 is 0 Å². The van der Waals surface area contributed by atoms with Gasteiger partial charge in [0.2, 0.25) is 0 Å². The van der Waals surface area contributed by atoms with Crippen molar-refractivity contribution in [3.8, 4) is 0 Å². The quantitative estimate of drug-likeness (QED) is 0.189. The van der Waals surface area contributed by atoms with Crippen LogP contribution in [-0.2, 0) is 15.0 Å². The minimum absolute atomic E-state index is 0.154. The molecular weight excluding hydrogens is 518 g/mol. The second-order valence-electron chi connectivity index (χ2n) is 12.0. The van der Waals surface area contributed by atoms with Crippen molar-refractivity contribution in [3.05, 3.63) is 125 Å². The lowest BCUT2D eigenvalue weighted by atomic mass is 9.72. The second-order valence-corrected chi connectivity index (χ2v) is 12.0. The number of anilines is 4. The molecule has 2 heterocycles. The van der Waals surface area contributed by atoms with E-state index in [-0.39, 0.29) is 22.8 Å². The lowest BCUT2D eigenvalue weighted by Gasteiger charge is -2.46. The maximum Gasteiger partial charge on any atom is 0.283 e. The van der Waals surface area contributed by atoms with Crippen LogP contribution in [0.5, 0.6) is 0 Å². The standard InChI is InChI=1S/C37H35N3O2/c1-37(2)31-20-12-13-21-33(31)38(27-14-6-3-7-15-27)34-23-22-26(25-32(34)37)24-30-35(41)39(28-16-8-4-9-17-28)40(36(30)42)29-18-10-5-11-19-29/h4-5,8-13,16-25,27H,3,6-7,14-15H2,1-2H3. The predicted molar refractivity (Wildman–Crippen MR) is 170 cm³/mol. The highest BCUT2D eigenvalue weighted by molar-refractivity contribution is 6.38. The molecule has 1 saturated carbocycles. The third-order valence-electron chi connectivity index (χ3n) is 9.09. The molecule has 210 valence electrons. The second kappa shape index (κ2) is 10.3. The summed E-state index contributed by atoms with van der Waals surface area (Å²) in [5.74, 6) is -0.664. The van der Waals surface area contributed by atoms with Crippen molar-refractivity contribution in [2.24, 2.45) is 0 Å². The Morgan fingerprint density at radius 3 is 1.81 bits per heavy atom. The first-order valence-corrected chi connectivity index (χ1v) is 15.0. The molecule has 5 heteroatoms. The summed E-state index contributed by atoms with van der Waals surface area (Å²) < 4.78 is 0. The number of nitrogens with zero attached hydrogens (tertiary/aromatic N) is 3. The zero-order chi connectivity index (χ0) is 28.8. The molecule has 2 amide bonds. The van der Waals surface area contributed by atoms with Gasteiger partial charge in [-0.05, 0) is 78.1 Å². The van der Waals surface area contributed by atoms with Gasteiger partial charge < -0.3 is 4.90 Å². The van der Waals surface area contributed by atoms with Gasteiger partial charge >= 0.3 is 0 Å². The van der Waals surface area contributed by atoms with Crippen molar-refractivity contribution in [2.45, 2.75) is 57.4 Å². The molecule has 1 aliphatic carbocycles. The van der Waals surface area contributed by atoms with Gasteiger partial charge in [-0.1, -0.05) is 93.8 Å². The first-order chi connectivity index (χ1) is 20.4. The van der Waals surface area contributed by atoms with E-state index in [4.69, 9.17) is 0 Å². The summed E-state index contributed by atoms with van der Waals surface area (Å²) in [4.78, 5) is 30.4. The average molecular weight is 554 g/mol. The zero-order valence-corrected chi connectivity index (χ0v) is 24.2.